The first-order valence-electron chi connectivity index (χ1n) is 4.55. The number of primary amides is 1. The third-order valence-electron chi connectivity index (χ3n) is 1.92. The third kappa shape index (κ3) is 3.97. The van der Waals surface area contributed by atoms with Crippen LogP contribution in [0.4, 0.5) is 0 Å². The van der Waals surface area contributed by atoms with Crippen molar-refractivity contribution in [1.29, 1.82) is 0 Å². The van der Waals surface area contributed by atoms with E-state index in [2.05, 4.69) is 4.72 Å². The molecule has 0 aliphatic rings. The van der Waals surface area contributed by atoms with E-state index in [0.29, 0.717) is 5.02 Å². The summed E-state index contributed by atoms with van der Waals surface area (Å²) in [5, 5.41) is 9.46. The number of halogens is 1. The van der Waals surface area contributed by atoms with Crippen LogP contribution in [-0.2, 0) is 14.8 Å². The zero-order chi connectivity index (χ0) is 13.1. The quantitative estimate of drug-likeness (QED) is 0.672. The van der Waals surface area contributed by atoms with E-state index in [4.69, 9.17) is 22.4 Å². The lowest BCUT2D eigenvalue weighted by atomic mass is 10.3. The molecule has 0 aliphatic heterocycles. The maximum Gasteiger partial charge on any atom is 0.247 e. The number of rotatable bonds is 5. The van der Waals surface area contributed by atoms with Crippen LogP contribution in [0.3, 0.4) is 0 Å². The minimum Gasteiger partial charge on any atom is -0.382 e. The molecule has 0 bridgehead atoms. The average molecular weight is 279 g/mol. The minimum absolute atomic E-state index is 0.0152. The third-order valence-corrected chi connectivity index (χ3v) is 3.61. The molecular weight excluding hydrogens is 268 g/mol. The first kappa shape index (κ1) is 13.9. The van der Waals surface area contributed by atoms with Crippen LogP contribution in [0.1, 0.15) is 0 Å². The monoisotopic (exact) mass is 278 g/mol. The lowest BCUT2D eigenvalue weighted by molar-refractivity contribution is -0.125. The Morgan fingerprint density at radius 2 is 1.94 bits per heavy atom. The van der Waals surface area contributed by atoms with Crippen molar-refractivity contribution in [3.63, 3.8) is 0 Å². The van der Waals surface area contributed by atoms with Crippen LogP contribution in [-0.4, -0.2) is 32.1 Å². The summed E-state index contributed by atoms with van der Waals surface area (Å²) in [6.07, 6.45) is -1.56. The maximum atomic E-state index is 11.7. The van der Waals surface area contributed by atoms with Gasteiger partial charge in [0.15, 0.2) is 0 Å². The van der Waals surface area contributed by atoms with Gasteiger partial charge in [0, 0.05) is 11.6 Å². The lowest BCUT2D eigenvalue weighted by Crippen LogP contribution is -2.39. The van der Waals surface area contributed by atoms with Crippen LogP contribution in [0.25, 0.3) is 0 Å². The molecule has 1 aromatic carbocycles. The van der Waals surface area contributed by atoms with E-state index in [1.807, 2.05) is 0 Å². The zero-order valence-corrected chi connectivity index (χ0v) is 10.2. The highest BCUT2D eigenvalue weighted by Crippen LogP contribution is 2.13. The maximum absolute atomic E-state index is 11.7. The highest BCUT2D eigenvalue weighted by atomic mass is 35.5. The van der Waals surface area contributed by atoms with Crippen molar-refractivity contribution in [2.24, 2.45) is 5.73 Å². The van der Waals surface area contributed by atoms with Gasteiger partial charge in [0.1, 0.15) is 6.10 Å². The summed E-state index contributed by atoms with van der Waals surface area (Å²) >= 11 is 5.61. The van der Waals surface area contributed by atoms with Crippen molar-refractivity contribution in [3.05, 3.63) is 29.3 Å². The first-order chi connectivity index (χ1) is 7.83. The second-order valence-corrected chi connectivity index (χ2v) is 5.43. The number of sulfonamides is 1. The molecular formula is C9H11ClN2O4S. The molecule has 4 N–H and O–H groups in total. The van der Waals surface area contributed by atoms with Gasteiger partial charge in [-0.15, -0.1) is 0 Å². The Morgan fingerprint density at radius 1 is 1.41 bits per heavy atom. The van der Waals surface area contributed by atoms with E-state index < -0.39 is 28.6 Å². The topological polar surface area (TPSA) is 109 Å². The largest absolute Gasteiger partial charge is 0.382 e. The number of nitrogens with one attached hydrogen (secondary N) is 1. The van der Waals surface area contributed by atoms with Gasteiger partial charge in [0.25, 0.3) is 0 Å². The Morgan fingerprint density at radius 3 is 2.41 bits per heavy atom. The van der Waals surface area contributed by atoms with Gasteiger partial charge >= 0.3 is 0 Å². The molecule has 6 nitrogen and oxygen atoms in total. The molecule has 0 spiro atoms. The molecule has 0 aliphatic carbocycles. The van der Waals surface area contributed by atoms with Crippen molar-refractivity contribution >= 4 is 27.5 Å². The Labute approximate surface area is 103 Å². The van der Waals surface area contributed by atoms with E-state index in [0.717, 1.165) is 0 Å². The molecule has 0 saturated carbocycles. The normalized spacial score (nSPS) is 13.3. The van der Waals surface area contributed by atoms with Gasteiger partial charge in [-0.1, -0.05) is 11.6 Å². The fourth-order valence-electron chi connectivity index (χ4n) is 0.986. The summed E-state index contributed by atoms with van der Waals surface area (Å²) in [6.45, 7) is -0.472. The Kier molecular flexibility index (Phi) is 4.47. The Balaban J connectivity index is 2.76. The SMILES string of the molecule is NC(=O)C(O)CNS(=O)(=O)c1ccc(Cl)cc1. The van der Waals surface area contributed by atoms with E-state index in [-0.39, 0.29) is 4.90 Å². The van der Waals surface area contributed by atoms with Crippen molar-refractivity contribution in [1.82, 2.24) is 4.72 Å². The van der Waals surface area contributed by atoms with Crippen LogP contribution >= 0.6 is 11.6 Å². The molecule has 94 valence electrons. The smallest absolute Gasteiger partial charge is 0.247 e. The molecule has 0 radical (unpaired) electrons. The number of aliphatic hydroxyl groups excluding tert-OH is 1. The molecule has 8 heteroatoms. The van der Waals surface area contributed by atoms with Gasteiger partial charge in [-0.2, -0.15) is 0 Å². The van der Waals surface area contributed by atoms with Crippen LogP contribution in [0, 0.1) is 0 Å². The van der Waals surface area contributed by atoms with Gasteiger partial charge < -0.3 is 10.8 Å². The number of aliphatic hydroxyl groups is 1. The van der Waals surface area contributed by atoms with Crippen LogP contribution < -0.4 is 10.5 Å². The average Bonchev–Trinajstić information content (AvgIpc) is 2.26. The summed E-state index contributed by atoms with van der Waals surface area (Å²) in [6, 6.07) is 5.45. The fraction of sp³-hybridized carbons (Fsp3) is 0.222. The van der Waals surface area contributed by atoms with Gasteiger partial charge in [-0.05, 0) is 24.3 Å². The number of hydrogen-bond donors (Lipinski definition) is 3. The molecule has 1 aromatic rings. The molecule has 1 amide bonds. The summed E-state index contributed by atoms with van der Waals surface area (Å²) in [5.41, 5.74) is 4.78. The highest BCUT2D eigenvalue weighted by Gasteiger charge is 2.18. The van der Waals surface area contributed by atoms with E-state index in [9.17, 15) is 13.2 Å². The molecule has 0 saturated heterocycles. The van der Waals surface area contributed by atoms with Crippen molar-refractivity contribution in [3.8, 4) is 0 Å². The van der Waals surface area contributed by atoms with Crippen molar-refractivity contribution in [2.45, 2.75) is 11.0 Å². The molecule has 0 heterocycles. The van der Waals surface area contributed by atoms with Gasteiger partial charge in [0.2, 0.25) is 15.9 Å². The van der Waals surface area contributed by atoms with Crippen LogP contribution in [0.15, 0.2) is 29.2 Å². The number of amides is 1. The molecule has 1 atom stereocenters. The van der Waals surface area contributed by atoms with Crippen LogP contribution in [0.2, 0.25) is 5.02 Å². The molecule has 1 unspecified atom stereocenters. The summed E-state index contributed by atoms with van der Waals surface area (Å²) < 4.78 is 25.4. The van der Waals surface area contributed by atoms with Gasteiger partial charge in [0.05, 0.1) is 4.90 Å². The summed E-state index contributed by atoms with van der Waals surface area (Å²) in [5.74, 6) is -0.996. The number of carbonyl (C=O) groups is 1. The standard InChI is InChI=1S/C9H11ClN2O4S/c10-6-1-3-7(4-2-6)17(15,16)12-5-8(13)9(11)14/h1-4,8,12-13H,5H2,(H2,11,14). The van der Waals surface area contributed by atoms with E-state index in [1.165, 1.54) is 24.3 Å². The zero-order valence-electron chi connectivity index (χ0n) is 8.63. The fourth-order valence-corrected chi connectivity index (χ4v) is 2.15. The van der Waals surface area contributed by atoms with Crippen molar-refractivity contribution in [2.75, 3.05) is 6.54 Å². The molecule has 1 rings (SSSR count). The molecule has 17 heavy (non-hydrogen) atoms. The number of carbonyl (C=O) groups excluding carboxylic acids is 1. The highest BCUT2D eigenvalue weighted by molar-refractivity contribution is 7.89. The first-order valence-corrected chi connectivity index (χ1v) is 6.41. The number of nitrogens with two attached hydrogens (primary N) is 1. The Bertz CT molecular complexity index is 500. The number of hydrogen-bond acceptors (Lipinski definition) is 4. The Hall–Kier alpha value is -1.15. The second kappa shape index (κ2) is 5.46. The van der Waals surface area contributed by atoms with Gasteiger partial charge in [-0.3, -0.25) is 4.79 Å². The van der Waals surface area contributed by atoms with Gasteiger partial charge in [-0.25, -0.2) is 13.1 Å². The van der Waals surface area contributed by atoms with E-state index >= 15 is 0 Å². The molecule has 0 aromatic heterocycles. The molecule has 0 fully saturated rings. The predicted octanol–water partition coefficient (Wildman–Crippen LogP) is -0.536. The summed E-state index contributed by atoms with van der Waals surface area (Å²) in [4.78, 5) is 10.5. The lowest BCUT2D eigenvalue weighted by Gasteiger charge is -2.09. The van der Waals surface area contributed by atoms with Crippen LogP contribution in [0.5, 0.6) is 0 Å². The van der Waals surface area contributed by atoms with Crippen molar-refractivity contribution < 1.29 is 18.3 Å². The van der Waals surface area contributed by atoms with E-state index in [1.54, 1.807) is 0 Å². The number of benzene rings is 1. The minimum atomic E-state index is -3.78. The summed E-state index contributed by atoms with van der Waals surface area (Å²) in [7, 11) is -3.78. The second-order valence-electron chi connectivity index (χ2n) is 3.22. The predicted molar refractivity (Wildman–Crippen MR) is 61.8 cm³/mol.